The van der Waals surface area contributed by atoms with Crippen LogP contribution >= 0.6 is 15.9 Å². The molecule has 0 radical (unpaired) electrons. The fourth-order valence-electron chi connectivity index (χ4n) is 1.57. The number of Topliss-reactive ketones (excluding diaryl/α,β-unsaturated/α-hetero) is 1. The second-order valence-electron chi connectivity index (χ2n) is 3.98. The molecule has 3 heteroatoms. The number of benzene rings is 1. The zero-order valence-corrected chi connectivity index (χ0v) is 11.5. The fraction of sp³-hybridized carbons (Fsp3) is 0.462. The Labute approximate surface area is 106 Å². The highest BCUT2D eigenvalue weighted by Gasteiger charge is 2.06. The number of ketones is 1. The van der Waals surface area contributed by atoms with Crippen LogP contribution in [0.25, 0.3) is 0 Å². The van der Waals surface area contributed by atoms with E-state index in [1.165, 1.54) is 0 Å². The van der Waals surface area contributed by atoms with Gasteiger partial charge in [-0.05, 0) is 32.1 Å². The molecule has 0 spiro atoms. The zero-order chi connectivity index (χ0) is 12.0. The van der Waals surface area contributed by atoms with Crippen molar-refractivity contribution in [2.24, 2.45) is 0 Å². The zero-order valence-electron chi connectivity index (χ0n) is 9.87. The molecule has 1 rings (SSSR count). The van der Waals surface area contributed by atoms with Crippen LogP contribution < -0.4 is 0 Å². The first-order valence-corrected chi connectivity index (χ1v) is 6.40. The number of hydrogen-bond donors (Lipinski definition) is 0. The molecule has 0 N–H and O–H groups in total. The van der Waals surface area contributed by atoms with Gasteiger partial charge in [0.15, 0.2) is 5.78 Å². The number of carbonyl (C=O) groups excluding carboxylic acids is 1. The molecule has 0 saturated heterocycles. The van der Waals surface area contributed by atoms with Gasteiger partial charge in [0.05, 0.1) is 0 Å². The third kappa shape index (κ3) is 4.45. The second kappa shape index (κ2) is 6.81. The maximum atomic E-state index is 11.8. The normalized spacial score (nSPS) is 10.8. The largest absolute Gasteiger partial charge is 0.306 e. The molecule has 0 aliphatic carbocycles. The van der Waals surface area contributed by atoms with Gasteiger partial charge in [-0.1, -0.05) is 35.0 Å². The Morgan fingerprint density at radius 3 is 2.44 bits per heavy atom. The van der Waals surface area contributed by atoms with Crippen molar-refractivity contribution in [1.82, 2.24) is 4.90 Å². The van der Waals surface area contributed by atoms with E-state index >= 15 is 0 Å². The smallest absolute Gasteiger partial charge is 0.164 e. The van der Waals surface area contributed by atoms with Crippen molar-refractivity contribution in [2.75, 3.05) is 20.1 Å². The lowest BCUT2D eigenvalue weighted by atomic mass is 10.1. The van der Waals surface area contributed by atoms with Crippen molar-refractivity contribution in [3.05, 3.63) is 34.3 Å². The molecule has 0 amide bonds. The Balaban J connectivity index is 2.43. The van der Waals surface area contributed by atoms with Crippen molar-refractivity contribution in [3.63, 3.8) is 0 Å². The molecule has 88 valence electrons. The molecular formula is C13H18BrNO. The maximum Gasteiger partial charge on any atom is 0.164 e. The SMILES string of the molecule is CCCN(C)CCC(=O)c1ccc(Br)cc1. The molecule has 1 aromatic rings. The van der Waals surface area contributed by atoms with Crippen LogP contribution in [0.2, 0.25) is 0 Å². The van der Waals surface area contributed by atoms with Gasteiger partial charge in [-0.15, -0.1) is 0 Å². The summed E-state index contributed by atoms with van der Waals surface area (Å²) in [6.45, 7) is 4.03. The highest BCUT2D eigenvalue weighted by Crippen LogP contribution is 2.12. The van der Waals surface area contributed by atoms with E-state index in [1.807, 2.05) is 24.3 Å². The molecule has 0 aliphatic heterocycles. The van der Waals surface area contributed by atoms with Crippen LogP contribution in [-0.4, -0.2) is 30.8 Å². The Bertz CT molecular complexity index is 334. The predicted octanol–water partition coefficient (Wildman–Crippen LogP) is 3.36. The molecule has 0 aromatic heterocycles. The molecule has 0 unspecified atom stereocenters. The van der Waals surface area contributed by atoms with Crippen molar-refractivity contribution < 1.29 is 4.79 Å². The maximum absolute atomic E-state index is 11.8. The number of carbonyl (C=O) groups is 1. The monoisotopic (exact) mass is 283 g/mol. The second-order valence-corrected chi connectivity index (χ2v) is 4.90. The van der Waals surface area contributed by atoms with Crippen LogP contribution in [0.15, 0.2) is 28.7 Å². The van der Waals surface area contributed by atoms with E-state index in [4.69, 9.17) is 0 Å². The van der Waals surface area contributed by atoms with Gasteiger partial charge < -0.3 is 4.90 Å². The highest BCUT2D eigenvalue weighted by atomic mass is 79.9. The van der Waals surface area contributed by atoms with Crippen molar-refractivity contribution in [2.45, 2.75) is 19.8 Å². The van der Waals surface area contributed by atoms with E-state index in [9.17, 15) is 4.79 Å². The summed E-state index contributed by atoms with van der Waals surface area (Å²) in [5, 5.41) is 0. The van der Waals surface area contributed by atoms with Gasteiger partial charge in [0, 0.05) is 23.0 Å². The number of nitrogens with zero attached hydrogens (tertiary/aromatic N) is 1. The summed E-state index contributed by atoms with van der Waals surface area (Å²) in [6, 6.07) is 7.55. The van der Waals surface area contributed by atoms with E-state index in [0.29, 0.717) is 6.42 Å². The third-order valence-corrected chi connectivity index (χ3v) is 3.02. The van der Waals surface area contributed by atoms with Gasteiger partial charge in [0.2, 0.25) is 0 Å². The third-order valence-electron chi connectivity index (χ3n) is 2.49. The van der Waals surface area contributed by atoms with Crippen LogP contribution in [0, 0.1) is 0 Å². The minimum absolute atomic E-state index is 0.218. The molecule has 1 aromatic carbocycles. The van der Waals surface area contributed by atoms with Crippen molar-refractivity contribution >= 4 is 21.7 Å². The van der Waals surface area contributed by atoms with Gasteiger partial charge in [0.1, 0.15) is 0 Å². The molecule has 0 aliphatic rings. The molecule has 2 nitrogen and oxygen atoms in total. The molecule has 0 fully saturated rings. The minimum Gasteiger partial charge on any atom is -0.306 e. The lowest BCUT2D eigenvalue weighted by Crippen LogP contribution is -2.22. The van der Waals surface area contributed by atoms with Crippen molar-refractivity contribution in [1.29, 1.82) is 0 Å². The lowest BCUT2D eigenvalue weighted by Gasteiger charge is -2.14. The molecule has 16 heavy (non-hydrogen) atoms. The minimum atomic E-state index is 0.218. The van der Waals surface area contributed by atoms with E-state index in [1.54, 1.807) is 0 Å². The summed E-state index contributed by atoms with van der Waals surface area (Å²) >= 11 is 3.36. The number of halogens is 1. The Hall–Kier alpha value is -0.670. The topological polar surface area (TPSA) is 20.3 Å². The summed E-state index contributed by atoms with van der Waals surface area (Å²) in [4.78, 5) is 14.0. The Morgan fingerprint density at radius 2 is 1.88 bits per heavy atom. The van der Waals surface area contributed by atoms with Gasteiger partial charge in [-0.3, -0.25) is 4.79 Å². The standard InChI is InChI=1S/C13H18BrNO/c1-3-9-15(2)10-8-13(16)11-4-6-12(14)7-5-11/h4-7H,3,8-10H2,1-2H3. The van der Waals surface area contributed by atoms with Crippen LogP contribution in [-0.2, 0) is 0 Å². The molecule has 0 bridgehead atoms. The van der Waals surface area contributed by atoms with Crippen molar-refractivity contribution in [3.8, 4) is 0 Å². The highest BCUT2D eigenvalue weighted by molar-refractivity contribution is 9.10. The average molecular weight is 284 g/mol. The summed E-state index contributed by atoms with van der Waals surface area (Å²) in [7, 11) is 2.05. The first kappa shape index (κ1) is 13.4. The predicted molar refractivity (Wildman–Crippen MR) is 70.9 cm³/mol. The molecule has 0 atom stereocenters. The first-order valence-electron chi connectivity index (χ1n) is 5.60. The quantitative estimate of drug-likeness (QED) is 0.746. The molecule has 0 saturated carbocycles. The summed E-state index contributed by atoms with van der Waals surface area (Å²) in [5.74, 6) is 0.218. The Kier molecular flexibility index (Phi) is 5.71. The van der Waals surface area contributed by atoms with Crippen LogP contribution in [0.5, 0.6) is 0 Å². The van der Waals surface area contributed by atoms with Gasteiger partial charge >= 0.3 is 0 Å². The average Bonchev–Trinajstić information content (AvgIpc) is 2.27. The van der Waals surface area contributed by atoms with E-state index in [0.717, 1.165) is 29.5 Å². The number of hydrogen-bond acceptors (Lipinski definition) is 2. The van der Waals surface area contributed by atoms with E-state index in [2.05, 4.69) is 34.8 Å². The fourth-order valence-corrected chi connectivity index (χ4v) is 1.83. The van der Waals surface area contributed by atoms with Gasteiger partial charge in [0.25, 0.3) is 0 Å². The van der Waals surface area contributed by atoms with Crippen LogP contribution in [0.3, 0.4) is 0 Å². The van der Waals surface area contributed by atoms with Gasteiger partial charge in [-0.2, -0.15) is 0 Å². The van der Waals surface area contributed by atoms with E-state index < -0.39 is 0 Å². The summed E-state index contributed by atoms with van der Waals surface area (Å²) in [6.07, 6.45) is 1.72. The molecular weight excluding hydrogens is 266 g/mol. The number of rotatable bonds is 6. The Morgan fingerprint density at radius 1 is 1.25 bits per heavy atom. The van der Waals surface area contributed by atoms with Crippen LogP contribution in [0.4, 0.5) is 0 Å². The lowest BCUT2D eigenvalue weighted by molar-refractivity contribution is 0.0969. The van der Waals surface area contributed by atoms with E-state index in [-0.39, 0.29) is 5.78 Å². The summed E-state index contributed by atoms with van der Waals surface area (Å²) < 4.78 is 1.01. The van der Waals surface area contributed by atoms with Gasteiger partial charge in [-0.25, -0.2) is 0 Å². The van der Waals surface area contributed by atoms with Crippen LogP contribution in [0.1, 0.15) is 30.1 Å². The molecule has 0 heterocycles. The first-order chi connectivity index (χ1) is 7.63. The summed E-state index contributed by atoms with van der Waals surface area (Å²) in [5.41, 5.74) is 0.799.